The van der Waals surface area contributed by atoms with Crippen molar-refractivity contribution < 1.29 is 38.6 Å². The van der Waals surface area contributed by atoms with E-state index in [1.165, 1.54) is 0 Å². The molecule has 0 aromatic heterocycles. The number of nitrogens with one attached hydrogen (secondary N) is 2. The highest BCUT2D eigenvalue weighted by atomic mass is 16.5. The van der Waals surface area contributed by atoms with Crippen LogP contribution in [0.1, 0.15) is 13.8 Å². The third-order valence-corrected chi connectivity index (χ3v) is 5.58. The largest absolute Gasteiger partial charge is 0.480 e. The standard InChI is InChI=1S/C22H40N6O8/c1-19(2)22(34)24-4-3-23-20(31)13-25-5-6-26(14-21(32)33)8-10-28(16-36-18-30)12-11-27(9-7-25)15-35-17-29/h17-19H,3-16H2,1-2H3,(H,23,31)(H,24,34)(H,32,33). The summed E-state index contributed by atoms with van der Waals surface area (Å²) in [6, 6.07) is 0. The smallest absolute Gasteiger partial charge is 0.317 e. The summed E-state index contributed by atoms with van der Waals surface area (Å²) in [4.78, 5) is 64.3. The predicted octanol–water partition coefficient (Wildman–Crippen LogP) is -2.56. The maximum absolute atomic E-state index is 12.5. The van der Waals surface area contributed by atoms with Crippen LogP contribution in [0.2, 0.25) is 0 Å². The molecule has 1 saturated heterocycles. The molecule has 1 aliphatic heterocycles. The number of amides is 2. The van der Waals surface area contributed by atoms with Gasteiger partial charge < -0.3 is 25.2 Å². The number of carboxylic acid groups (broad SMARTS) is 1. The van der Waals surface area contributed by atoms with Crippen molar-refractivity contribution in [1.29, 1.82) is 0 Å². The summed E-state index contributed by atoms with van der Waals surface area (Å²) < 4.78 is 9.81. The first kappa shape index (κ1) is 31.2. The number of nitrogens with zero attached hydrogens (tertiary/aromatic N) is 4. The van der Waals surface area contributed by atoms with Crippen LogP contribution >= 0.6 is 0 Å². The first-order valence-corrected chi connectivity index (χ1v) is 12.0. The van der Waals surface area contributed by atoms with Crippen molar-refractivity contribution >= 4 is 30.7 Å². The summed E-state index contributed by atoms with van der Waals surface area (Å²) in [6.45, 7) is 8.75. The molecule has 14 nitrogen and oxygen atoms in total. The lowest BCUT2D eigenvalue weighted by Gasteiger charge is -2.33. The zero-order chi connectivity index (χ0) is 26.8. The van der Waals surface area contributed by atoms with E-state index in [-0.39, 0.29) is 44.3 Å². The van der Waals surface area contributed by atoms with Crippen molar-refractivity contribution in [3.8, 4) is 0 Å². The van der Waals surface area contributed by atoms with E-state index in [4.69, 9.17) is 9.47 Å². The van der Waals surface area contributed by atoms with E-state index in [1.54, 1.807) is 18.7 Å². The van der Waals surface area contributed by atoms with Gasteiger partial charge in [0, 0.05) is 71.4 Å². The number of aliphatic carboxylic acids is 1. The molecule has 0 spiro atoms. The minimum atomic E-state index is -0.956. The summed E-state index contributed by atoms with van der Waals surface area (Å²) in [5.41, 5.74) is 0. The highest BCUT2D eigenvalue weighted by Gasteiger charge is 2.19. The molecular weight excluding hydrogens is 476 g/mol. The van der Waals surface area contributed by atoms with Crippen molar-refractivity contribution in [2.75, 3.05) is 92.0 Å². The molecule has 0 aliphatic carbocycles. The second-order valence-corrected chi connectivity index (χ2v) is 8.76. The summed E-state index contributed by atoms with van der Waals surface area (Å²) in [6.07, 6.45) is 0. The van der Waals surface area contributed by atoms with Crippen LogP contribution in [0, 0.1) is 5.92 Å². The van der Waals surface area contributed by atoms with Gasteiger partial charge in [0.05, 0.1) is 13.1 Å². The monoisotopic (exact) mass is 516 g/mol. The van der Waals surface area contributed by atoms with Gasteiger partial charge in [-0.2, -0.15) is 0 Å². The van der Waals surface area contributed by atoms with Gasteiger partial charge in [0.2, 0.25) is 11.8 Å². The Bertz CT molecular complexity index is 695. The molecule has 206 valence electrons. The zero-order valence-corrected chi connectivity index (χ0v) is 21.2. The Morgan fingerprint density at radius 2 is 1.17 bits per heavy atom. The molecule has 1 aliphatic rings. The summed E-state index contributed by atoms with van der Waals surface area (Å²) in [5.74, 6) is -1.38. The molecule has 1 heterocycles. The van der Waals surface area contributed by atoms with Crippen molar-refractivity contribution in [3.05, 3.63) is 0 Å². The SMILES string of the molecule is CC(C)C(=O)NCCNC(=O)CN1CCN(COC=O)CCN(COC=O)CCN(CC(=O)O)CC1. The topological polar surface area (TPSA) is 161 Å². The van der Waals surface area contributed by atoms with Crippen LogP contribution in [-0.2, 0) is 33.4 Å². The Hall–Kier alpha value is -2.81. The van der Waals surface area contributed by atoms with E-state index in [1.807, 2.05) is 14.7 Å². The molecule has 3 N–H and O–H groups in total. The van der Waals surface area contributed by atoms with Gasteiger partial charge in [-0.3, -0.25) is 43.6 Å². The summed E-state index contributed by atoms with van der Waals surface area (Å²) >= 11 is 0. The number of carbonyl (C=O) groups is 5. The van der Waals surface area contributed by atoms with Crippen molar-refractivity contribution in [1.82, 2.24) is 30.2 Å². The number of carbonyl (C=O) groups excluding carboxylic acids is 4. The fourth-order valence-corrected chi connectivity index (χ4v) is 3.47. The Morgan fingerprint density at radius 1 is 0.750 bits per heavy atom. The van der Waals surface area contributed by atoms with Gasteiger partial charge in [-0.1, -0.05) is 13.8 Å². The molecule has 0 unspecified atom stereocenters. The molecule has 0 aromatic rings. The minimum Gasteiger partial charge on any atom is -0.480 e. The van der Waals surface area contributed by atoms with Gasteiger partial charge in [0.1, 0.15) is 13.5 Å². The Morgan fingerprint density at radius 3 is 1.58 bits per heavy atom. The lowest BCUT2D eigenvalue weighted by Crippen LogP contribution is -2.49. The van der Waals surface area contributed by atoms with Crippen LogP contribution < -0.4 is 10.6 Å². The second kappa shape index (κ2) is 18.5. The van der Waals surface area contributed by atoms with Crippen LogP contribution in [0.25, 0.3) is 0 Å². The first-order chi connectivity index (χ1) is 17.2. The fraction of sp³-hybridized carbons (Fsp3) is 0.773. The molecule has 2 amide bonds. The fourth-order valence-electron chi connectivity index (χ4n) is 3.47. The molecule has 1 fully saturated rings. The van der Waals surface area contributed by atoms with Gasteiger partial charge in [-0.15, -0.1) is 0 Å². The van der Waals surface area contributed by atoms with E-state index in [9.17, 15) is 29.1 Å². The van der Waals surface area contributed by atoms with Crippen LogP contribution in [-0.4, -0.2) is 147 Å². The first-order valence-electron chi connectivity index (χ1n) is 12.0. The molecule has 0 aromatic carbocycles. The van der Waals surface area contributed by atoms with Crippen LogP contribution in [0.4, 0.5) is 0 Å². The highest BCUT2D eigenvalue weighted by Crippen LogP contribution is 2.01. The van der Waals surface area contributed by atoms with Gasteiger partial charge in [0.15, 0.2) is 0 Å². The Labute approximate surface area is 211 Å². The number of ether oxygens (including phenoxy) is 2. The van der Waals surface area contributed by atoms with E-state index in [2.05, 4.69) is 10.6 Å². The lowest BCUT2D eigenvalue weighted by molar-refractivity contribution is -0.139. The molecule has 0 bridgehead atoms. The maximum atomic E-state index is 12.5. The van der Waals surface area contributed by atoms with Crippen molar-refractivity contribution in [2.45, 2.75) is 13.8 Å². The quantitative estimate of drug-likeness (QED) is 0.164. The number of carboxylic acids is 1. The normalized spacial score (nSPS) is 17.4. The molecule has 14 heteroatoms. The third-order valence-electron chi connectivity index (χ3n) is 5.58. The molecular formula is C22H40N6O8. The number of hydrogen-bond donors (Lipinski definition) is 3. The van der Waals surface area contributed by atoms with Gasteiger partial charge in [0.25, 0.3) is 12.9 Å². The molecule has 1 rings (SSSR count). The van der Waals surface area contributed by atoms with Crippen LogP contribution in [0.5, 0.6) is 0 Å². The average molecular weight is 517 g/mol. The van der Waals surface area contributed by atoms with Gasteiger partial charge in [-0.05, 0) is 0 Å². The number of hydrogen-bond acceptors (Lipinski definition) is 11. The van der Waals surface area contributed by atoms with E-state index < -0.39 is 5.97 Å². The van der Waals surface area contributed by atoms with Crippen molar-refractivity contribution in [2.24, 2.45) is 5.92 Å². The zero-order valence-electron chi connectivity index (χ0n) is 21.2. The average Bonchev–Trinajstić information content (AvgIpc) is 2.83. The third kappa shape index (κ3) is 14.6. The van der Waals surface area contributed by atoms with Gasteiger partial charge >= 0.3 is 5.97 Å². The van der Waals surface area contributed by atoms with E-state index in [0.29, 0.717) is 78.4 Å². The predicted molar refractivity (Wildman–Crippen MR) is 129 cm³/mol. The van der Waals surface area contributed by atoms with E-state index in [0.717, 1.165) is 0 Å². The molecule has 0 saturated carbocycles. The molecule has 0 radical (unpaired) electrons. The highest BCUT2D eigenvalue weighted by molar-refractivity contribution is 5.79. The molecule has 0 atom stereocenters. The van der Waals surface area contributed by atoms with Crippen LogP contribution in [0.15, 0.2) is 0 Å². The molecule has 36 heavy (non-hydrogen) atoms. The summed E-state index contributed by atoms with van der Waals surface area (Å²) in [7, 11) is 0. The second-order valence-electron chi connectivity index (χ2n) is 8.76. The number of rotatable bonds is 14. The van der Waals surface area contributed by atoms with Crippen molar-refractivity contribution in [3.63, 3.8) is 0 Å². The van der Waals surface area contributed by atoms with E-state index >= 15 is 0 Å². The lowest BCUT2D eigenvalue weighted by atomic mass is 10.2. The Kier molecular flexibility index (Phi) is 16.0. The maximum Gasteiger partial charge on any atom is 0.317 e. The van der Waals surface area contributed by atoms with Gasteiger partial charge in [-0.25, -0.2) is 0 Å². The Balaban J connectivity index is 2.78. The minimum absolute atomic E-state index is 0.0662. The van der Waals surface area contributed by atoms with Crippen LogP contribution in [0.3, 0.4) is 0 Å². The summed E-state index contributed by atoms with van der Waals surface area (Å²) in [5, 5.41) is 14.8.